The second-order valence-electron chi connectivity index (χ2n) is 4.02. The molecule has 1 heterocycles. The Kier molecular flexibility index (Phi) is 3.94. The minimum atomic E-state index is -0.502. The number of anilines is 1. The number of benzene rings is 1. The van der Waals surface area contributed by atoms with Crippen molar-refractivity contribution in [2.45, 2.75) is 13.2 Å². The summed E-state index contributed by atoms with van der Waals surface area (Å²) in [5.41, 5.74) is 11.6. The van der Waals surface area contributed by atoms with E-state index in [1.54, 1.807) is 24.3 Å². The van der Waals surface area contributed by atoms with Gasteiger partial charge in [0.05, 0.1) is 0 Å². The second kappa shape index (κ2) is 5.83. The molecule has 1 aromatic carbocycles. The summed E-state index contributed by atoms with van der Waals surface area (Å²) < 4.78 is 6.34. The first-order valence-electron chi connectivity index (χ1n) is 5.74. The third kappa shape index (κ3) is 3.55. The van der Waals surface area contributed by atoms with Crippen molar-refractivity contribution in [1.82, 2.24) is 14.8 Å². The Bertz CT molecular complexity index is 620. The number of nitrogens with two attached hydrogens (primary N) is 2. The predicted octanol–water partition coefficient (Wildman–Crippen LogP) is -0.297. The molecule has 8 nitrogen and oxygen atoms in total. The van der Waals surface area contributed by atoms with Crippen molar-refractivity contribution in [2.75, 3.05) is 5.73 Å². The number of amides is 1. The molecule has 0 saturated heterocycles. The molecule has 8 heteroatoms. The number of nitrogen functional groups attached to an aromatic ring is 1. The first-order chi connectivity index (χ1) is 9.54. The lowest BCUT2D eigenvalue weighted by Crippen LogP contribution is -2.14. The van der Waals surface area contributed by atoms with Crippen LogP contribution in [0.1, 0.15) is 15.9 Å². The standard InChI is InChI=1S/C12H13N5O3/c13-11(19)9-3-1-8(2-4-9)6-20-10(18)5-17-7-15-12(14)16-17/h1-4,7H,5-6H2,(H2,13,19)(H2,14,16). The lowest BCUT2D eigenvalue weighted by molar-refractivity contribution is -0.145. The smallest absolute Gasteiger partial charge is 0.328 e. The van der Waals surface area contributed by atoms with Crippen molar-refractivity contribution in [3.05, 3.63) is 41.7 Å². The van der Waals surface area contributed by atoms with Gasteiger partial charge in [0.25, 0.3) is 0 Å². The van der Waals surface area contributed by atoms with Gasteiger partial charge in [0.2, 0.25) is 11.9 Å². The van der Waals surface area contributed by atoms with Gasteiger partial charge in [0.15, 0.2) is 0 Å². The summed E-state index contributed by atoms with van der Waals surface area (Å²) in [5, 5.41) is 3.77. The lowest BCUT2D eigenvalue weighted by Gasteiger charge is -2.05. The molecular weight excluding hydrogens is 262 g/mol. The highest BCUT2D eigenvalue weighted by Crippen LogP contribution is 2.05. The van der Waals surface area contributed by atoms with Crippen LogP contribution < -0.4 is 11.5 Å². The molecule has 2 aromatic rings. The molecule has 0 aliphatic rings. The second-order valence-corrected chi connectivity index (χ2v) is 4.02. The molecule has 1 amide bonds. The molecule has 0 atom stereocenters. The molecule has 0 radical (unpaired) electrons. The van der Waals surface area contributed by atoms with Gasteiger partial charge in [0, 0.05) is 5.56 Å². The van der Waals surface area contributed by atoms with Crippen LogP contribution in [0, 0.1) is 0 Å². The highest BCUT2D eigenvalue weighted by molar-refractivity contribution is 5.92. The maximum absolute atomic E-state index is 11.5. The number of aromatic nitrogens is 3. The van der Waals surface area contributed by atoms with Crippen molar-refractivity contribution in [3.63, 3.8) is 0 Å². The molecule has 1 aromatic heterocycles. The molecule has 20 heavy (non-hydrogen) atoms. The van der Waals surface area contributed by atoms with Gasteiger partial charge in [-0.3, -0.25) is 9.59 Å². The summed E-state index contributed by atoms with van der Waals surface area (Å²) in [7, 11) is 0. The van der Waals surface area contributed by atoms with Crippen molar-refractivity contribution in [1.29, 1.82) is 0 Å². The Morgan fingerprint density at radius 1 is 1.25 bits per heavy atom. The van der Waals surface area contributed by atoms with E-state index in [0.29, 0.717) is 5.56 Å². The Morgan fingerprint density at radius 3 is 2.50 bits per heavy atom. The topological polar surface area (TPSA) is 126 Å². The van der Waals surface area contributed by atoms with E-state index in [-0.39, 0.29) is 19.1 Å². The maximum atomic E-state index is 11.5. The van der Waals surface area contributed by atoms with E-state index in [1.165, 1.54) is 11.0 Å². The molecule has 0 aliphatic heterocycles. The zero-order valence-electron chi connectivity index (χ0n) is 10.5. The van der Waals surface area contributed by atoms with Crippen LogP contribution in [-0.4, -0.2) is 26.6 Å². The largest absolute Gasteiger partial charge is 0.459 e. The van der Waals surface area contributed by atoms with E-state index in [2.05, 4.69) is 10.1 Å². The number of ether oxygens (including phenoxy) is 1. The van der Waals surface area contributed by atoms with Gasteiger partial charge in [-0.05, 0) is 17.7 Å². The molecule has 0 unspecified atom stereocenters. The van der Waals surface area contributed by atoms with E-state index in [1.807, 2.05) is 0 Å². The van der Waals surface area contributed by atoms with Crippen LogP contribution in [0.2, 0.25) is 0 Å². The van der Waals surface area contributed by atoms with E-state index < -0.39 is 11.9 Å². The molecule has 0 saturated carbocycles. The van der Waals surface area contributed by atoms with E-state index in [4.69, 9.17) is 16.2 Å². The van der Waals surface area contributed by atoms with Crippen LogP contribution in [0.25, 0.3) is 0 Å². The highest BCUT2D eigenvalue weighted by atomic mass is 16.5. The molecular formula is C12H13N5O3. The number of hydrogen-bond donors (Lipinski definition) is 2. The lowest BCUT2D eigenvalue weighted by atomic mass is 10.1. The fourth-order valence-electron chi connectivity index (χ4n) is 1.49. The van der Waals surface area contributed by atoms with Gasteiger partial charge >= 0.3 is 5.97 Å². The fraction of sp³-hybridized carbons (Fsp3) is 0.167. The Balaban J connectivity index is 1.85. The fourth-order valence-corrected chi connectivity index (χ4v) is 1.49. The summed E-state index contributed by atoms with van der Waals surface area (Å²) in [5.74, 6) is -0.869. The number of primary amides is 1. The molecule has 2 rings (SSSR count). The van der Waals surface area contributed by atoms with E-state index in [0.717, 1.165) is 5.56 Å². The van der Waals surface area contributed by atoms with Crippen LogP contribution >= 0.6 is 0 Å². The summed E-state index contributed by atoms with van der Waals surface area (Å²) in [6.07, 6.45) is 1.35. The molecule has 0 aliphatic carbocycles. The Morgan fingerprint density at radius 2 is 1.95 bits per heavy atom. The number of esters is 1. The van der Waals surface area contributed by atoms with Crippen LogP contribution in [0.4, 0.5) is 5.95 Å². The third-order valence-electron chi connectivity index (χ3n) is 2.48. The zero-order valence-corrected chi connectivity index (χ0v) is 10.5. The van der Waals surface area contributed by atoms with Gasteiger partial charge < -0.3 is 16.2 Å². The van der Waals surface area contributed by atoms with Crippen LogP contribution in [0.5, 0.6) is 0 Å². The number of nitrogens with zero attached hydrogens (tertiary/aromatic N) is 3. The van der Waals surface area contributed by atoms with Crippen LogP contribution in [-0.2, 0) is 22.7 Å². The average molecular weight is 275 g/mol. The highest BCUT2D eigenvalue weighted by Gasteiger charge is 2.07. The Labute approximate surface area is 114 Å². The average Bonchev–Trinajstić information content (AvgIpc) is 2.82. The van der Waals surface area contributed by atoms with Crippen molar-refractivity contribution < 1.29 is 14.3 Å². The zero-order chi connectivity index (χ0) is 14.5. The van der Waals surface area contributed by atoms with Crippen molar-refractivity contribution in [3.8, 4) is 0 Å². The number of carbonyl (C=O) groups excluding carboxylic acids is 2. The van der Waals surface area contributed by atoms with Crippen molar-refractivity contribution in [2.24, 2.45) is 5.73 Å². The number of rotatable bonds is 5. The van der Waals surface area contributed by atoms with E-state index in [9.17, 15) is 9.59 Å². The quantitative estimate of drug-likeness (QED) is 0.721. The first kappa shape index (κ1) is 13.5. The monoisotopic (exact) mass is 275 g/mol. The molecule has 0 bridgehead atoms. The predicted molar refractivity (Wildman–Crippen MR) is 69.2 cm³/mol. The van der Waals surface area contributed by atoms with Gasteiger partial charge in [-0.25, -0.2) is 9.67 Å². The first-order valence-corrected chi connectivity index (χ1v) is 5.74. The normalized spacial score (nSPS) is 10.2. The van der Waals surface area contributed by atoms with E-state index >= 15 is 0 Å². The third-order valence-corrected chi connectivity index (χ3v) is 2.48. The minimum absolute atomic E-state index is 0.0659. The van der Waals surface area contributed by atoms with Gasteiger partial charge in [-0.2, -0.15) is 0 Å². The molecule has 4 N–H and O–H groups in total. The van der Waals surface area contributed by atoms with Crippen LogP contribution in [0.3, 0.4) is 0 Å². The van der Waals surface area contributed by atoms with Crippen LogP contribution in [0.15, 0.2) is 30.6 Å². The van der Waals surface area contributed by atoms with Gasteiger partial charge in [-0.1, -0.05) is 12.1 Å². The molecule has 0 fully saturated rings. The van der Waals surface area contributed by atoms with Crippen molar-refractivity contribution >= 4 is 17.8 Å². The maximum Gasteiger partial charge on any atom is 0.328 e. The summed E-state index contributed by atoms with van der Waals surface area (Å²) >= 11 is 0. The molecule has 0 spiro atoms. The van der Waals surface area contributed by atoms with Gasteiger partial charge in [0.1, 0.15) is 19.5 Å². The summed E-state index contributed by atoms with van der Waals surface area (Å²) in [6.45, 7) is 0.0334. The molecule has 104 valence electrons. The number of carbonyl (C=O) groups is 2. The summed E-state index contributed by atoms with van der Waals surface area (Å²) in [6, 6.07) is 6.48. The SMILES string of the molecule is NC(=O)c1ccc(COC(=O)Cn2cnc(N)n2)cc1. The Hall–Kier alpha value is -2.90. The summed E-state index contributed by atoms with van der Waals surface area (Å²) in [4.78, 5) is 26.1. The van der Waals surface area contributed by atoms with Gasteiger partial charge in [-0.15, -0.1) is 5.10 Å². The number of hydrogen-bond acceptors (Lipinski definition) is 6. The minimum Gasteiger partial charge on any atom is -0.459 e.